The molecule has 0 fully saturated rings. The van der Waals surface area contributed by atoms with Crippen molar-refractivity contribution in [2.24, 2.45) is 0 Å². The van der Waals surface area contributed by atoms with Gasteiger partial charge in [0.2, 0.25) is 0 Å². The first-order valence-corrected chi connectivity index (χ1v) is 8.06. The number of para-hydroxylation sites is 1. The van der Waals surface area contributed by atoms with E-state index in [1.54, 1.807) is 13.0 Å². The Balaban J connectivity index is 1.67. The Morgan fingerprint density at radius 1 is 1.28 bits per heavy atom. The van der Waals surface area contributed by atoms with Crippen molar-refractivity contribution in [2.75, 3.05) is 11.9 Å². The van der Waals surface area contributed by atoms with E-state index in [9.17, 15) is 14.3 Å². The molecule has 3 rings (SSSR count). The number of hydrogen-bond acceptors (Lipinski definition) is 2. The Morgan fingerprint density at radius 2 is 2.08 bits per heavy atom. The van der Waals surface area contributed by atoms with E-state index in [4.69, 9.17) is 0 Å². The van der Waals surface area contributed by atoms with Gasteiger partial charge in [0.05, 0.1) is 12.6 Å². The van der Waals surface area contributed by atoms with E-state index >= 15 is 0 Å². The van der Waals surface area contributed by atoms with Crippen molar-refractivity contribution in [3.63, 3.8) is 0 Å². The van der Waals surface area contributed by atoms with E-state index in [0.717, 1.165) is 22.0 Å². The molecule has 5 nitrogen and oxygen atoms in total. The summed E-state index contributed by atoms with van der Waals surface area (Å²) in [6, 6.07) is 11.1. The van der Waals surface area contributed by atoms with E-state index in [2.05, 4.69) is 15.6 Å². The van der Waals surface area contributed by atoms with Crippen molar-refractivity contribution in [2.45, 2.75) is 19.4 Å². The summed E-state index contributed by atoms with van der Waals surface area (Å²) in [4.78, 5) is 15.3. The Labute approximate surface area is 144 Å². The summed E-state index contributed by atoms with van der Waals surface area (Å²) >= 11 is 0. The number of fused-ring (bicyclic) bond motifs is 1. The van der Waals surface area contributed by atoms with Crippen molar-refractivity contribution in [3.05, 3.63) is 65.6 Å². The number of aromatic nitrogens is 1. The molecule has 0 bridgehead atoms. The van der Waals surface area contributed by atoms with Crippen LogP contribution < -0.4 is 10.6 Å². The van der Waals surface area contributed by atoms with Gasteiger partial charge in [0.15, 0.2) is 0 Å². The van der Waals surface area contributed by atoms with Crippen LogP contribution in [-0.4, -0.2) is 28.8 Å². The number of aryl methyl sites for hydroxylation is 1. The summed E-state index contributed by atoms with van der Waals surface area (Å²) in [5.41, 5.74) is 3.18. The molecule has 1 aromatic heterocycles. The molecule has 1 heterocycles. The zero-order valence-corrected chi connectivity index (χ0v) is 13.8. The Kier molecular flexibility index (Phi) is 5.00. The number of aliphatic hydroxyl groups is 1. The van der Waals surface area contributed by atoms with Gasteiger partial charge in [0.25, 0.3) is 0 Å². The van der Waals surface area contributed by atoms with Crippen LogP contribution in [0.25, 0.3) is 10.9 Å². The van der Waals surface area contributed by atoms with Crippen LogP contribution in [0.3, 0.4) is 0 Å². The molecule has 1 atom stereocenters. The lowest BCUT2D eigenvalue weighted by Gasteiger charge is -2.17. The summed E-state index contributed by atoms with van der Waals surface area (Å²) in [6.45, 7) is 1.58. The maximum absolute atomic E-state index is 13.3. The number of aliphatic hydroxyl groups excluding tert-OH is 1. The summed E-state index contributed by atoms with van der Waals surface area (Å²) in [5.74, 6) is -0.418. The summed E-state index contributed by atoms with van der Waals surface area (Å²) in [5, 5.41) is 16.0. The number of benzene rings is 2. The van der Waals surface area contributed by atoms with Gasteiger partial charge < -0.3 is 20.7 Å². The van der Waals surface area contributed by atoms with Gasteiger partial charge in [-0.2, -0.15) is 0 Å². The van der Waals surface area contributed by atoms with Gasteiger partial charge in [-0.05, 0) is 42.7 Å². The molecule has 0 aliphatic carbocycles. The first-order valence-electron chi connectivity index (χ1n) is 8.06. The van der Waals surface area contributed by atoms with Gasteiger partial charge in [-0.15, -0.1) is 0 Å². The molecule has 2 aromatic carbocycles. The highest BCUT2D eigenvalue weighted by Gasteiger charge is 2.15. The largest absolute Gasteiger partial charge is 0.394 e. The highest BCUT2D eigenvalue weighted by atomic mass is 19.1. The molecule has 0 saturated heterocycles. The number of H-pyrrole nitrogens is 1. The number of urea groups is 1. The van der Waals surface area contributed by atoms with E-state index in [-0.39, 0.29) is 6.61 Å². The monoisotopic (exact) mass is 341 g/mol. The molecule has 0 aliphatic rings. The van der Waals surface area contributed by atoms with Crippen molar-refractivity contribution in [1.29, 1.82) is 0 Å². The van der Waals surface area contributed by atoms with E-state index in [0.29, 0.717) is 12.1 Å². The van der Waals surface area contributed by atoms with Crippen molar-refractivity contribution in [3.8, 4) is 0 Å². The summed E-state index contributed by atoms with van der Waals surface area (Å²) in [6.07, 6.45) is 2.36. The van der Waals surface area contributed by atoms with Crippen molar-refractivity contribution in [1.82, 2.24) is 10.3 Å². The number of carbonyl (C=O) groups excluding carboxylic acids is 1. The second kappa shape index (κ2) is 7.36. The third-order valence-electron chi connectivity index (χ3n) is 4.14. The van der Waals surface area contributed by atoms with E-state index in [1.807, 2.05) is 30.5 Å². The van der Waals surface area contributed by atoms with Gasteiger partial charge in [0, 0.05) is 22.8 Å². The van der Waals surface area contributed by atoms with Crippen LogP contribution in [0.1, 0.15) is 11.1 Å². The van der Waals surface area contributed by atoms with Crippen molar-refractivity contribution < 1.29 is 14.3 Å². The highest BCUT2D eigenvalue weighted by Crippen LogP contribution is 2.19. The second-order valence-corrected chi connectivity index (χ2v) is 6.00. The third kappa shape index (κ3) is 3.97. The molecule has 4 N–H and O–H groups in total. The van der Waals surface area contributed by atoms with Gasteiger partial charge in [-0.25, -0.2) is 9.18 Å². The predicted molar refractivity (Wildman–Crippen MR) is 96.2 cm³/mol. The fraction of sp³-hybridized carbons (Fsp3) is 0.211. The van der Waals surface area contributed by atoms with Gasteiger partial charge in [-0.1, -0.05) is 24.3 Å². The second-order valence-electron chi connectivity index (χ2n) is 6.00. The molecule has 1 unspecified atom stereocenters. The lowest BCUT2D eigenvalue weighted by Crippen LogP contribution is -2.41. The molecule has 25 heavy (non-hydrogen) atoms. The normalized spacial score (nSPS) is 12.1. The predicted octanol–water partition coefficient (Wildman–Crippen LogP) is 3.34. The van der Waals surface area contributed by atoms with Crippen LogP contribution >= 0.6 is 0 Å². The topological polar surface area (TPSA) is 77.2 Å². The number of amides is 2. The van der Waals surface area contributed by atoms with Crippen LogP contribution in [0.15, 0.2) is 48.7 Å². The summed E-state index contributed by atoms with van der Waals surface area (Å²) < 4.78 is 13.3. The zero-order chi connectivity index (χ0) is 17.8. The molecule has 2 amide bonds. The van der Waals surface area contributed by atoms with Crippen LogP contribution in [-0.2, 0) is 6.42 Å². The minimum atomic E-state index is -0.479. The number of hydrogen-bond donors (Lipinski definition) is 4. The molecule has 0 aliphatic heterocycles. The molecule has 0 saturated carbocycles. The number of aromatic amines is 1. The van der Waals surface area contributed by atoms with E-state index < -0.39 is 17.9 Å². The van der Waals surface area contributed by atoms with Crippen LogP contribution in [0.4, 0.5) is 14.9 Å². The minimum absolute atomic E-state index is 0.199. The Bertz CT molecular complexity index is 891. The standard InChI is InChI=1S/C19H20FN3O2/c1-12-6-7-14(20)9-18(12)23-19(25)22-15(11-24)8-13-10-21-17-5-3-2-4-16(13)17/h2-7,9-10,15,21,24H,8,11H2,1H3,(H2,22,23,25). The maximum atomic E-state index is 13.3. The molecule has 0 radical (unpaired) electrons. The molecule has 0 spiro atoms. The fourth-order valence-corrected chi connectivity index (χ4v) is 2.80. The average molecular weight is 341 g/mol. The van der Waals surface area contributed by atoms with Crippen molar-refractivity contribution >= 4 is 22.6 Å². The number of rotatable bonds is 5. The summed E-state index contributed by atoms with van der Waals surface area (Å²) in [7, 11) is 0. The van der Waals surface area contributed by atoms with Crippen LogP contribution in [0.5, 0.6) is 0 Å². The molecular weight excluding hydrogens is 321 g/mol. The minimum Gasteiger partial charge on any atom is -0.394 e. The average Bonchev–Trinajstić information content (AvgIpc) is 3.00. The molecule has 130 valence electrons. The highest BCUT2D eigenvalue weighted by molar-refractivity contribution is 5.90. The van der Waals surface area contributed by atoms with Crippen LogP contribution in [0, 0.1) is 12.7 Å². The smallest absolute Gasteiger partial charge is 0.319 e. The lowest BCUT2D eigenvalue weighted by atomic mass is 10.1. The lowest BCUT2D eigenvalue weighted by molar-refractivity contribution is 0.224. The first-order chi connectivity index (χ1) is 12.1. The van der Waals surface area contributed by atoms with Gasteiger partial charge >= 0.3 is 6.03 Å². The quantitative estimate of drug-likeness (QED) is 0.574. The van der Waals surface area contributed by atoms with Crippen LogP contribution in [0.2, 0.25) is 0 Å². The molecule has 6 heteroatoms. The Hall–Kier alpha value is -2.86. The molecule has 3 aromatic rings. The number of nitrogens with one attached hydrogen (secondary N) is 3. The SMILES string of the molecule is Cc1ccc(F)cc1NC(=O)NC(CO)Cc1c[nH]c2ccccc12. The first kappa shape index (κ1) is 17.0. The fourth-order valence-electron chi connectivity index (χ4n) is 2.80. The Morgan fingerprint density at radius 3 is 2.88 bits per heavy atom. The number of anilines is 1. The number of halogens is 1. The third-order valence-corrected chi connectivity index (χ3v) is 4.14. The number of carbonyl (C=O) groups is 1. The van der Waals surface area contributed by atoms with Gasteiger partial charge in [0.1, 0.15) is 5.82 Å². The zero-order valence-electron chi connectivity index (χ0n) is 13.8. The molecular formula is C19H20FN3O2. The van der Waals surface area contributed by atoms with E-state index in [1.165, 1.54) is 12.1 Å². The van der Waals surface area contributed by atoms with Gasteiger partial charge in [-0.3, -0.25) is 0 Å². The maximum Gasteiger partial charge on any atom is 0.319 e.